The van der Waals surface area contributed by atoms with Crippen molar-refractivity contribution in [3.63, 3.8) is 0 Å². The van der Waals surface area contributed by atoms with Gasteiger partial charge in [-0.2, -0.15) is 0 Å². The molecule has 2 aliphatic heterocycles. The number of para-hydroxylation sites is 1. The van der Waals surface area contributed by atoms with Gasteiger partial charge in [0.05, 0.1) is 0 Å². The molecule has 1 N–H and O–H groups in total. The molecule has 6 nitrogen and oxygen atoms in total. The summed E-state index contributed by atoms with van der Waals surface area (Å²) in [5.41, 5.74) is 3.03. The van der Waals surface area contributed by atoms with Gasteiger partial charge in [-0.15, -0.1) is 23.4 Å². The Bertz CT molecular complexity index is 1290. The Kier molecular flexibility index (Phi) is 7.11. The number of rotatable bonds is 7. The zero-order chi connectivity index (χ0) is 25.1. The van der Waals surface area contributed by atoms with Crippen molar-refractivity contribution in [3.8, 4) is 5.75 Å². The standard InChI is InChI=1S/C28H23ClN2O4S/c29-15-21-17-36-27-23(30-16-20-13-7-8-14-22(20)32)26(33)31(27)24(21)28(34)35-25(18-9-3-1-4-10-18)19-11-5-2-6-12-19/h1-14,16,23,25,27,32H,15,17H2/t23?,27-/m0/s1. The molecule has 0 bridgehead atoms. The van der Waals surface area contributed by atoms with Crippen LogP contribution in [0.15, 0.2) is 101 Å². The SMILES string of the molecule is O=C(OC(c1ccccc1)c1ccccc1)C1=C(CCl)CS[C@H]2C(N=Cc3ccccc3O)C(=O)N12. The second kappa shape index (κ2) is 10.6. The molecule has 0 saturated carbocycles. The largest absolute Gasteiger partial charge is 0.507 e. The fraction of sp³-hybridized carbons (Fsp3) is 0.179. The number of fused-ring (bicyclic) bond motifs is 1. The molecule has 1 amide bonds. The van der Waals surface area contributed by atoms with Crippen molar-refractivity contribution in [2.75, 3.05) is 11.6 Å². The average molecular weight is 519 g/mol. The van der Waals surface area contributed by atoms with Crippen molar-refractivity contribution in [1.82, 2.24) is 4.90 Å². The van der Waals surface area contributed by atoms with Gasteiger partial charge in [0.25, 0.3) is 5.91 Å². The topological polar surface area (TPSA) is 79.2 Å². The minimum Gasteiger partial charge on any atom is -0.507 e. The van der Waals surface area contributed by atoms with Gasteiger partial charge in [0.15, 0.2) is 12.1 Å². The number of benzene rings is 3. The van der Waals surface area contributed by atoms with Crippen LogP contribution in [0, 0.1) is 0 Å². The molecule has 1 unspecified atom stereocenters. The Morgan fingerprint density at radius 3 is 2.28 bits per heavy atom. The molecule has 3 aromatic carbocycles. The summed E-state index contributed by atoms with van der Waals surface area (Å²) in [7, 11) is 0. The lowest BCUT2D eigenvalue weighted by atomic mass is 10.0. The summed E-state index contributed by atoms with van der Waals surface area (Å²) in [5.74, 6) is -0.204. The third kappa shape index (κ3) is 4.64. The van der Waals surface area contributed by atoms with Crippen molar-refractivity contribution in [3.05, 3.63) is 113 Å². The number of thioether (sulfide) groups is 1. The molecule has 2 aliphatic rings. The summed E-state index contributed by atoms with van der Waals surface area (Å²) in [4.78, 5) is 32.6. The number of amides is 1. The second-order valence-electron chi connectivity index (χ2n) is 8.38. The summed E-state index contributed by atoms with van der Waals surface area (Å²) in [6, 6.07) is 25.1. The number of hydrogen-bond donors (Lipinski definition) is 1. The van der Waals surface area contributed by atoms with Crippen LogP contribution in [0.4, 0.5) is 0 Å². The monoisotopic (exact) mass is 518 g/mol. The molecule has 182 valence electrons. The smallest absolute Gasteiger partial charge is 0.356 e. The zero-order valence-corrected chi connectivity index (χ0v) is 20.7. The molecular weight excluding hydrogens is 496 g/mol. The van der Waals surface area contributed by atoms with Crippen molar-refractivity contribution in [2.45, 2.75) is 17.5 Å². The zero-order valence-electron chi connectivity index (χ0n) is 19.2. The van der Waals surface area contributed by atoms with Crippen molar-refractivity contribution in [2.24, 2.45) is 4.99 Å². The van der Waals surface area contributed by atoms with Gasteiger partial charge in [-0.3, -0.25) is 14.7 Å². The third-order valence-corrected chi connectivity index (χ3v) is 7.76. The molecule has 36 heavy (non-hydrogen) atoms. The number of β-lactam (4-membered cyclic amide) rings is 1. The second-order valence-corrected chi connectivity index (χ2v) is 9.76. The first-order valence-electron chi connectivity index (χ1n) is 11.4. The predicted molar refractivity (Wildman–Crippen MR) is 141 cm³/mol. The minimum absolute atomic E-state index is 0.0858. The van der Waals surface area contributed by atoms with Crippen LogP contribution >= 0.6 is 23.4 Å². The molecular formula is C28H23ClN2O4S. The first-order chi connectivity index (χ1) is 17.6. The van der Waals surface area contributed by atoms with Gasteiger partial charge >= 0.3 is 5.97 Å². The fourth-order valence-electron chi connectivity index (χ4n) is 4.26. The van der Waals surface area contributed by atoms with E-state index >= 15 is 0 Å². The quantitative estimate of drug-likeness (QED) is 0.208. The van der Waals surface area contributed by atoms with Crippen molar-refractivity contribution in [1.29, 1.82) is 0 Å². The Labute approximate surface area is 218 Å². The number of esters is 1. The normalized spacial score (nSPS) is 19.4. The molecule has 0 radical (unpaired) electrons. The number of aliphatic imine (C=N–C) groups is 1. The van der Waals surface area contributed by atoms with E-state index in [9.17, 15) is 14.7 Å². The number of carbonyl (C=O) groups excluding carboxylic acids is 2. The van der Waals surface area contributed by atoms with Crippen molar-refractivity contribution >= 4 is 41.5 Å². The van der Waals surface area contributed by atoms with Gasteiger partial charge in [0, 0.05) is 23.4 Å². The molecule has 1 saturated heterocycles. The molecule has 0 aliphatic carbocycles. The van der Waals surface area contributed by atoms with Crippen LogP contribution in [0.1, 0.15) is 22.8 Å². The summed E-state index contributed by atoms with van der Waals surface area (Å²) in [5, 5.41) is 9.64. The van der Waals surface area contributed by atoms with Gasteiger partial charge in [0.2, 0.25) is 0 Å². The first-order valence-corrected chi connectivity index (χ1v) is 13.0. The number of hydrogen-bond acceptors (Lipinski definition) is 6. The number of phenols is 1. The highest BCUT2D eigenvalue weighted by molar-refractivity contribution is 8.00. The van der Waals surface area contributed by atoms with Crippen LogP contribution in [0.25, 0.3) is 0 Å². The number of halogens is 1. The van der Waals surface area contributed by atoms with E-state index < -0.39 is 18.1 Å². The maximum Gasteiger partial charge on any atom is 0.356 e. The predicted octanol–water partition coefficient (Wildman–Crippen LogP) is 4.92. The number of ether oxygens (including phenoxy) is 1. The highest BCUT2D eigenvalue weighted by Crippen LogP contribution is 2.43. The maximum atomic E-state index is 13.6. The van der Waals surface area contributed by atoms with E-state index in [1.165, 1.54) is 22.9 Å². The van der Waals surface area contributed by atoms with Gasteiger partial charge in [-0.05, 0) is 28.8 Å². The molecule has 2 atom stereocenters. The molecule has 0 aromatic heterocycles. The van der Waals surface area contributed by atoms with Crippen LogP contribution < -0.4 is 0 Å². The highest BCUT2D eigenvalue weighted by Gasteiger charge is 2.54. The average Bonchev–Trinajstić information content (AvgIpc) is 2.92. The summed E-state index contributed by atoms with van der Waals surface area (Å²) in [6.07, 6.45) is 0.860. The van der Waals surface area contributed by atoms with Gasteiger partial charge in [0.1, 0.15) is 16.8 Å². The number of aromatic hydroxyl groups is 1. The van der Waals surface area contributed by atoms with Crippen LogP contribution in [0.2, 0.25) is 0 Å². The van der Waals surface area contributed by atoms with E-state index in [2.05, 4.69) is 4.99 Å². The maximum absolute atomic E-state index is 13.6. The van der Waals surface area contributed by atoms with Gasteiger partial charge < -0.3 is 9.84 Å². The Hall–Kier alpha value is -3.55. The van der Waals surface area contributed by atoms with Crippen LogP contribution in [0.3, 0.4) is 0 Å². The molecule has 3 aromatic rings. The van der Waals surface area contributed by atoms with E-state index in [-0.39, 0.29) is 28.6 Å². The van der Waals surface area contributed by atoms with E-state index in [4.69, 9.17) is 16.3 Å². The van der Waals surface area contributed by atoms with Crippen molar-refractivity contribution < 1.29 is 19.4 Å². The van der Waals surface area contributed by atoms with Crippen LogP contribution in [0.5, 0.6) is 5.75 Å². The minimum atomic E-state index is -0.659. The fourth-order valence-corrected chi connectivity index (χ4v) is 5.93. The Morgan fingerprint density at radius 1 is 1.06 bits per heavy atom. The van der Waals surface area contributed by atoms with Crippen LogP contribution in [-0.4, -0.2) is 51.1 Å². The molecule has 5 rings (SSSR count). The number of alkyl halides is 1. The van der Waals surface area contributed by atoms with E-state index in [1.54, 1.807) is 24.3 Å². The lowest BCUT2D eigenvalue weighted by Crippen LogP contribution is -2.64. The lowest BCUT2D eigenvalue weighted by molar-refractivity contribution is -0.153. The van der Waals surface area contributed by atoms with E-state index in [1.807, 2.05) is 60.7 Å². The summed E-state index contributed by atoms with van der Waals surface area (Å²) >= 11 is 7.70. The van der Waals surface area contributed by atoms with E-state index in [0.29, 0.717) is 16.9 Å². The molecule has 8 heteroatoms. The number of carbonyl (C=O) groups is 2. The summed E-state index contributed by atoms with van der Waals surface area (Å²) < 4.78 is 6.05. The first kappa shape index (κ1) is 24.2. The van der Waals surface area contributed by atoms with E-state index in [0.717, 1.165) is 11.1 Å². The van der Waals surface area contributed by atoms with Gasteiger partial charge in [-0.25, -0.2) is 4.79 Å². The highest BCUT2D eigenvalue weighted by atomic mass is 35.5. The number of nitrogens with zero attached hydrogens (tertiary/aromatic N) is 2. The number of phenolic OH excluding ortho intramolecular Hbond substituents is 1. The molecule has 0 spiro atoms. The summed E-state index contributed by atoms with van der Waals surface area (Å²) in [6.45, 7) is 0. The molecule has 2 heterocycles. The third-order valence-electron chi connectivity index (χ3n) is 6.11. The Balaban J connectivity index is 1.41. The lowest BCUT2D eigenvalue weighted by Gasteiger charge is -2.48. The molecule has 1 fully saturated rings. The Morgan fingerprint density at radius 2 is 1.67 bits per heavy atom. The van der Waals surface area contributed by atoms with Crippen LogP contribution in [-0.2, 0) is 14.3 Å². The van der Waals surface area contributed by atoms with Gasteiger partial charge in [-0.1, -0.05) is 72.8 Å².